The molecule has 0 N–H and O–H groups in total. The SMILES string of the molecule is CCOCCOC(=O)CCC(=O)ON1C(=O)[C@@H]2[C@H](C1=O)[C@@H]1C=C[C@H]2C1.CCOCCOC(=O)N1CCN(C(c2ccccc2)(c2ccccc2)c2ccccc2)CC1. The summed E-state index contributed by atoms with van der Waals surface area (Å²) in [5.74, 6) is -3.01. The van der Waals surface area contributed by atoms with Gasteiger partial charge < -0.3 is 28.7 Å². The van der Waals surface area contributed by atoms with Crippen molar-refractivity contribution in [2.24, 2.45) is 23.7 Å². The zero-order valence-corrected chi connectivity index (χ0v) is 33.2. The highest BCUT2D eigenvalue weighted by molar-refractivity contribution is 6.06. The van der Waals surface area contributed by atoms with E-state index in [9.17, 15) is 24.0 Å². The molecule has 4 aliphatic rings. The highest BCUT2D eigenvalue weighted by atomic mass is 16.7. The summed E-state index contributed by atoms with van der Waals surface area (Å²) in [6.07, 6.45) is 4.02. The molecule has 2 heterocycles. The first-order valence-electron chi connectivity index (χ1n) is 20.2. The van der Waals surface area contributed by atoms with Crippen LogP contribution in [0.3, 0.4) is 0 Å². The summed E-state index contributed by atoms with van der Waals surface area (Å²) < 4.78 is 20.6. The van der Waals surface area contributed by atoms with Crippen LogP contribution in [-0.2, 0) is 48.5 Å². The van der Waals surface area contributed by atoms with Crippen LogP contribution in [-0.4, -0.2) is 111 Å². The Morgan fingerprint density at radius 1 is 0.603 bits per heavy atom. The zero-order chi connectivity index (χ0) is 40.9. The van der Waals surface area contributed by atoms with Gasteiger partial charge in [-0.3, -0.25) is 19.3 Å². The predicted octanol–water partition coefficient (Wildman–Crippen LogP) is 5.38. The fourth-order valence-corrected chi connectivity index (χ4v) is 8.48. The summed E-state index contributed by atoms with van der Waals surface area (Å²) in [5.41, 5.74) is 3.20. The third-order valence-corrected chi connectivity index (χ3v) is 11.1. The number of carbonyl (C=O) groups excluding carboxylic acids is 5. The zero-order valence-electron chi connectivity index (χ0n) is 33.2. The van der Waals surface area contributed by atoms with Crippen molar-refractivity contribution in [1.29, 1.82) is 0 Å². The number of esters is 1. The second-order valence-corrected chi connectivity index (χ2v) is 14.4. The van der Waals surface area contributed by atoms with Crippen molar-refractivity contribution in [3.8, 4) is 0 Å². The maximum absolute atomic E-state index is 12.6. The van der Waals surface area contributed by atoms with E-state index in [1.165, 1.54) is 16.7 Å². The lowest BCUT2D eigenvalue weighted by molar-refractivity contribution is -0.199. The van der Waals surface area contributed by atoms with Crippen LogP contribution >= 0.6 is 0 Å². The van der Waals surface area contributed by atoms with Crippen LogP contribution in [0, 0.1) is 23.7 Å². The third kappa shape index (κ3) is 9.49. The van der Waals surface area contributed by atoms with Gasteiger partial charge in [0.25, 0.3) is 11.8 Å². The molecule has 2 aliphatic heterocycles. The van der Waals surface area contributed by atoms with E-state index in [1.807, 2.05) is 26.0 Å². The first-order chi connectivity index (χ1) is 28.3. The van der Waals surface area contributed by atoms with Crippen molar-refractivity contribution in [3.05, 3.63) is 120 Å². The number of imide groups is 1. The second kappa shape index (κ2) is 20.4. The molecule has 4 atom stereocenters. The standard InChI is InChI=1S/C28H32N2O3.C17H21NO7/c1-2-32-22-23-33-27(31)29-18-20-30(21-19-29)28(24-12-6-3-7-13-24,25-14-8-4-9-15-25)26-16-10-5-11-17-26;1-2-23-7-8-24-12(19)5-6-13(20)25-18-16(21)14-10-3-4-11(9-10)15(14)17(18)22/h3-17H,2,18-23H2,1H3;3-4,10-11,14-15H,2,5-9H2,1H3/t;10-,11+,14-,15+. The minimum atomic E-state index is -0.802. The van der Waals surface area contributed by atoms with Gasteiger partial charge in [0, 0.05) is 39.4 Å². The molecule has 13 nitrogen and oxygen atoms in total. The third-order valence-electron chi connectivity index (χ3n) is 11.1. The first-order valence-corrected chi connectivity index (χ1v) is 20.2. The van der Waals surface area contributed by atoms with Crippen molar-refractivity contribution in [2.45, 2.75) is 38.6 Å². The van der Waals surface area contributed by atoms with E-state index < -0.39 is 41.1 Å². The lowest BCUT2D eigenvalue weighted by Gasteiger charge is -2.48. The number of allylic oxidation sites excluding steroid dienone is 2. The van der Waals surface area contributed by atoms with Crippen molar-refractivity contribution in [3.63, 3.8) is 0 Å². The van der Waals surface area contributed by atoms with Crippen molar-refractivity contribution in [2.75, 3.05) is 65.8 Å². The van der Waals surface area contributed by atoms with Gasteiger partial charge in [0.2, 0.25) is 0 Å². The van der Waals surface area contributed by atoms with Crippen LogP contribution in [0.2, 0.25) is 0 Å². The lowest BCUT2D eigenvalue weighted by atomic mass is 9.75. The van der Waals surface area contributed by atoms with Crippen molar-refractivity contribution in [1.82, 2.24) is 14.9 Å². The maximum Gasteiger partial charge on any atom is 0.409 e. The molecule has 3 amide bonds. The van der Waals surface area contributed by atoms with E-state index in [2.05, 4.69) is 95.9 Å². The van der Waals surface area contributed by atoms with Gasteiger partial charge in [0.05, 0.1) is 43.4 Å². The summed E-state index contributed by atoms with van der Waals surface area (Å²) in [6.45, 7) is 8.73. The summed E-state index contributed by atoms with van der Waals surface area (Å²) in [6, 6.07) is 32.0. The number of hydrogen-bond acceptors (Lipinski definition) is 11. The highest BCUT2D eigenvalue weighted by Crippen LogP contribution is 2.52. The molecule has 308 valence electrons. The molecule has 3 aromatic carbocycles. The Morgan fingerprint density at radius 2 is 1.05 bits per heavy atom. The topological polar surface area (TPSA) is 141 Å². The Bertz CT molecular complexity index is 1740. The molecule has 2 bridgehead atoms. The minimum Gasteiger partial charge on any atom is -0.463 e. The van der Waals surface area contributed by atoms with Gasteiger partial charge in [-0.05, 0) is 48.8 Å². The van der Waals surface area contributed by atoms with Gasteiger partial charge in [-0.1, -0.05) is 103 Å². The summed E-state index contributed by atoms with van der Waals surface area (Å²) in [4.78, 5) is 69.8. The Labute approximate surface area is 339 Å². The van der Waals surface area contributed by atoms with Gasteiger partial charge in [0.15, 0.2) is 0 Å². The average molecular weight is 796 g/mol. The van der Waals surface area contributed by atoms with E-state index in [0.29, 0.717) is 44.6 Å². The van der Waals surface area contributed by atoms with Gasteiger partial charge >= 0.3 is 18.0 Å². The molecule has 0 unspecified atom stereocenters. The van der Waals surface area contributed by atoms with Crippen LogP contribution in [0.4, 0.5) is 4.79 Å². The minimum absolute atomic E-state index is 0.0514. The van der Waals surface area contributed by atoms with Gasteiger partial charge in [0.1, 0.15) is 13.2 Å². The molecular weight excluding hydrogens is 743 g/mol. The number of hydrogen-bond donors (Lipinski definition) is 0. The van der Waals surface area contributed by atoms with E-state index in [-0.39, 0.29) is 44.0 Å². The molecule has 0 radical (unpaired) electrons. The molecule has 2 aliphatic carbocycles. The van der Waals surface area contributed by atoms with Crippen molar-refractivity contribution < 1.29 is 47.8 Å². The highest BCUT2D eigenvalue weighted by Gasteiger charge is 2.61. The largest absolute Gasteiger partial charge is 0.463 e. The van der Waals surface area contributed by atoms with Crippen LogP contribution in [0.1, 0.15) is 49.8 Å². The van der Waals surface area contributed by atoms with Gasteiger partial charge in [-0.25, -0.2) is 9.59 Å². The van der Waals surface area contributed by atoms with E-state index in [1.54, 1.807) is 4.90 Å². The Balaban J connectivity index is 0.000000203. The van der Waals surface area contributed by atoms with Crippen LogP contribution < -0.4 is 0 Å². The smallest absolute Gasteiger partial charge is 0.409 e. The monoisotopic (exact) mass is 795 g/mol. The number of ether oxygens (including phenoxy) is 4. The summed E-state index contributed by atoms with van der Waals surface area (Å²) >= 11 is 0. The average Bonchev–Trinajstić information content (AvgIpc) is 3.96. The predicted molar refractivity (Wildman–Crippen MR) is 213 cm³/mol. The number of fused-ring (bicyclic) bond motifs is 5. The number of rotatable bonds is 16. The maximum atomic E-state index is 12.6. The van der Waals surface area contributed by atoms with Gasteiger partial charge in [-0.2, -0.15) is 0 Å². The Hall–Kier alpha value is -5.37. The normalized spacial score (nSPS) is 21.0. The number of hydroxylamine groups is 2. The second-order valence-electron chi connectivity index (χ2n) is 14.4. The van der Waals surface area contributed by atoms with E-state index in [4.69, 9.17) is 23.8 Å². The van der Waals surface area contributed by atoms with Crippen molar-refractivity contribution >= 4 is 29.8 Å². The number of nitrogens with zero attached hydrogens (tertiary/aromatic N) is 3. The Morgan fingerprint density at radius 3 is 1.52 bits per heavy atom. The number of carbonyl (C=O) groups is 5. The molecule has 7 rings (SSSR count). The van der Waals surface area contributed by atoms with Gasteiger partial charge in [-0.15, -0.1) is 5.06 Å². The molecule has 0 spiro atoms. The molecule has 3 fully saturated rings. The molecule has 58 heavy (non-hydrogen) atoms. The lowest BCUT2D eigenvalue weighted by Crippen LogP contribution is -2.57. The molecule has 0 aromatic heterocycles. The fourth-order valence-electron chi connectivity index (χ4n) is 8.48. The number of piperazine rings is 1. The van der Waals surface area contributed by atoms with Crippen LogP contribution in [0.15, 0.2) is 103 Å². The molecule has 2 saturated heterocycles. The quantitative estimate of drug-likeness (QED) is 0.0607. The summed E-state index contributed by atoms with van der Waals surface area (Å²) in [7, 11) is 0. The number of amides is 3. The van der Waals surface area contributed by atoms with E-state index >= 15 is 0 Å². The molecule has 3 aromatic rings. The summed E-state index contributed by atoms with van der Waals surface area (Å²) in [5, 5.41) is 0.588. The molecular formula is C45H53N3O10. The fraction of sp³-hybridized carbons (Fsp3) is 0.444. The Kier molecular flexibility index (Phi) is 14.8. The molecule has 1 saturated carbocycles. The van der Waals surface area contributed by atoms with Crippen LogP contribution in [0.25, 0.3) is 0 Å². The first kappa shape index (κ1) is 42.2. The van der Waals surface area contributed by atoms with Crippen LogP contribution in [0.5, 0.6) is 0 Å². The molecule has 13 heteroatoms. The van der Waals surface area contributed by atoms with E-state index in [0.717, 1.165) is 19.5 Å². The number of benzene rings is 3.